The monoisotopic (exact) mass is 102 g/mol. The van der Waals surface area contributed by atoms with E-state index in [1.807, 2.05) is 0 Å². The highest BCUT2D eigenvalue weighted by atomic mass is 27.0. The first-order valence-electron chi connectivity index (χ1n) is 0. The molecule has 38 valence electrons. The van der Waals surface area contributed by atoms with Crippen molar-refractivity contribution < 1.29 is 9.41 Å². The summed E-state index contributed by atoms with van der Waals surface area (Å²) in [6.07, 6.45) is 0. The standard InChI is InChI=1S/2CH4.Al.2FH.3H/h2*1H4;;2*1H;;;. The summed E-state index contributed by atoms with van der Waals surface area (Å²) in [7, 11) is 0. The predicted molar refractivity (Wildman–Crippen MR) is 28.4 cm³/mol. The van der Waals surface area contributed by atoms with Gasteiger partial charge in [0.05, 0.1) is 0 Å². The zero-order valence-corrected chi connectivity index (χ0v) is 0.816. The molecule has 0 spiro atoms. The molecule has 0 aliphatic heterocycles. The Labute approximate surface area is 42.4 Å². The molecule has 3 heteroatoms. The van der Waals surface area contributed by atoms with Crippen molar-refractivity contribution in [1.82, 2.24) is 0 Å². The van der Waals surface area contributed by atoms with Crippen LogP contribution in [0.3, 0.4) is 0 Å². The van der Waals surface area contributed by atoms with Gasteiger partial charge in [-0.25, -0.2) is 0 Å². The topological polar surface area (TPSA) is 0 Å². The first kappa shape index (κ1) is 675. The Balaban J connectivity index is 0. The molecule has 0 unspecified atom stereocenters. The summed E-state index contributed by atoms with van der Waals surface area (Å²) < 4.78 is 0. The molecule has 0 saturated carbocycles. The highest BCUT2D eigenvalue weighted by Crippen LogP contribution is 0.421. The summed E-state index contributed by atoms with van der Waals surface area (Å²) in [6.45, 7) is 0. The molecule has 0 amide bonds. The van der Waals surface area contributed by atoms with Crippen molar-refractivity contribution in [3.8, 4) is 0 Å². The molecule has 0 bridgehead atoms. The van der Waals surface area contributed by atoms with E-state index >= 15 is 0 Å². The van der Waals surface area contributed by atoms with Crippen molar-refractivity contribution in [2.24, 2.45) is 0 Å². The van der Waals surface area contributed by atoms with Crippen LogP contribution < -0.4 is 0 Å². The maximum absolute atomic E-state index is 0. The van der Waals surface area contributed by atoms with Gasteiger partial charge in [0.15, 0.2) is 17.4 Å². The Morgan fingerprint density at radius 2 is 0.600 bits per heavy atom. The molecule has 5 heavy (non-hydrogen) atoms. The van der Waals surface area contributed by atoms with E-state index in [0.717, 1.165) is 0 Å². The van der Waals surface area contributed by atoms with Gasteiger partial charge in [0.1, 0.15) is 0 Å². The minimum atomic E-state index is 0. The van der Waals surface area contributed by atoms with Gasteiger partial charge in [0.2, 0.25) is 0 Å². The van der Waals surface area contributed by atoms with Gasteiger partial charge in [-0.1, -0.05) is 14.9 Å². The Bertz CT molecular complexity index is 7.61. The lowest BCUT2D eigenvalue weighted by Crippen LogP contribution is -0.381. The molecule has 0 aromatic carbocycles. The molecule has 0 heterocycles. The summed E-state index contributed by atoms with van der Waals surface area (Å²) in [5.41, 5.74) is 0. The second-order valence-electron chi connectivity index (χ2n) is 0. The van der Waals surface area contributed by atoms with Crippen molar-refractivity contribution in [3.05, 3.63) is 0 Å². The van der Waals surface area contributed by atoms with Crippen LogP contribution in [0.25, 0.3) is 0 Å². The molecular formula is C2H13AlF2. The molecule has 0 aliphatic carbocycles. The van der Waals surface area contributed by atoms with Crippen molar-refractivity contribution in [2.45, 2.75) is 14.9 Å². The van der Waals surface area contributed by atoms with E-state index in [4.69, 9.17) is 0 Å². The largest absolute Gasteiger partial charge is 0.269 e. The van der Waals surface area contributed by atoms with Gasteiger partial charge in [-0.05, 0) is 0 Å². The lowest BCUT2D eigenvalue weighted by molar-refractivity contribution is 1.11. The SMILES string of the molecule is C.C.F.F.[AlH3]. The van der Waals surface area contributed by atoms with Crippen LogP contribution in [-0.4, -0.2) is 17.4 Å². The van der Waals surface area contributed by atoms with E-state index in [1.165, 1.54) is 0 Å². The van der Waals surface area contributed by atoms with Crippen molar-refractivity contribution in [2.75, 3.05) is 0 Å². The lowest BCUT2D eigenvalue weighted by Gasteiger charge is -0.270. The lowest BCUT2D eigenvalue weighted by atomic mass is 12.0. The normalized spacial score (nSPS) is 0. The maximum Gasteiger partial charge on any atom is 0.187 e. The molecule has 0 aliphatic rings. The Morgan fingerprint density at radius 1 is 0.600 bits per heavy atom. The van der Waals surface area contributed by atoms with Crippen LogP contribution >= 0.6 is 0 Å². The van der Waals surface area contributed by atoms with E-state index in [2.05, 4.69) is 0 Å². The van der Waals surface area contributed by atoms with Gasteiger partial charge < -0.3 is 0 Å². The fourth-order valence-corrected chi connectivity index (χ4v) is 0. The maximum atomic E-state index is 0. The van der Waals surface area contributed by atoms with Crippen molar-refractivity contribution >= 4 is 17.4 Å². The van der Waals surface area contributed by atoms with Gasteiger partial charge in [0.25, 0.3) is 0 Å². The zero-order valence-electron chi connectivity index (χ0n) is 0.816. The van der Waals surface area contributed by atoms with E-state index in [-0.39, 0.29) is 41.6 Å². The van der Waals surface area contributed by atoms with Crippen LogP contribution in [0.15, 0.2) is 0 Å². The van der Waals surface area contributed by atoms with Gasteiger partial charge >= 0.3 is 0 Å². The fourth-order valence-electron chi connectivity index (χ4n) is 0. The number of rotatable bonds is 0. The second kappa shape index (κ2) is 328. The van der Waals surface area contributed by atoms with Crippen molar-refractivity contribution in [3.63, 3.8) is 0 Å². The summed E-state index contributed by atoms with van der Waals surface area (Å²) >= 11 is 0. The molecule has 0 fully saturated rings. The third-order valence-corrected chi connectivity index (χ3v) is 0. The minimum Gasteiger partial charge on any atom is -0.269 e. The number of hydrogen-bond donors (Lipinski definition) is 0. The van der Waals surface area contributed by atoms with E-state index in [1.54, 1.807) is 0 Å². The first-order chi connectivity index (χ1) is 0. The molecule has 0 atom stereocenters. The molecule has 0 saturated heterocycles. The molecule has 0 rings (SSSR count). The van der Waals surface area contributed by atoms with Gasteiger partial charge in [-0.2, -0.15) is 0 Å². The van der Waals surface area contributed by atoms with Crippen LogP contribution in [0.5, 0.6) is 0 Å². The third-order valence-electron chi connectivity index (χ3n) is 0. The summed E-state index contributed by atoms with van der Waals surface area (Å²) in [4.78, 5) is 0. The van der Waals surface area contributed by atoms with Gasteiger partial charge in [0, 0.05) is 0 Å². The molecule has 0 radical (unpaired) electrons. The van der Waals surface area contributed by atoms with E-state index in [9.17, 15) is 0 Å². The summed E-state index contributed by atoms with van der Waals surface area (Å²) in [5, 5.41) is 0. The molecule has 0 nitrogen and oxygen atoms in total. The van der Waals surface area contributed by atoms with Crippen LogP contribution in [0.2, 0.25) is 0 Å². The smallest absolute Gasteiger partial charge is 0.187 e. The fraction of sp³-hybridized carbons (Fsp3) is 1.00. The van der Waals surface area contributed by atoms with Crippen LogP contribution in [0.1, 0.15) is 14.9 Å². The highest BCUT2D eigenvalue weighted by Gasteiger charge is 0.187. The third kappa shape index (κ3) is 163. The average Bonchev–Trinajstić information content (AvgIpc) is 0. The van der Waals surface area contributed by atoms with Crippen molar-refractivity contribution in [1.29, 1.82) is 0 Å². The molecule has 0 aromatic rings. The van der Waals surface area contributed by atoms with E-state index < -0.39 is 0 Å². The van der Waals surface area contributed by atoms with E-state index in [0.29, 0.717) is 0 Å². The minimum absolute atomic E-state index is 0. The van der Waals surface area contributed by atoms with Crippen LogP contribution in [-0.2, 0) is 0 Å². The highest BCUT2D eigenvalue weighted by molar-refractivity contribution is 5.75. The Morgan fingerprint density at radius 3 is 0.600 bits per heavy atom. The zero-order chi connectivity index (χ0) is 0. The Kier molecular flexibility index (Phi) is 44300. The first-order valence-corrected chi connectivity index (χ1v) is 0. The van der Waals surface area contributed by atoms with Crippen LogP contribution in [0.4, 0.5) is 9.41 Å². The molecule has 0 aromatic heterocycles. The summed E-state index contributed by atoms with van der Waals surface area (Å²) in [6, 6.07) is 0. The molecule has 0 N–H and O–H groups in total. The summed E-state index contributed by atoms with van der Waals surface area (Å²) in [5.74, 6) is 0. The van der Waals surface area contributed by atoms with Crippen LogP contribution in [0, 0.1) is 0 Å². The quantitative estimate of drug-likeness (QED) is 0.388. The molecular weight excluding hydrogens is 89.0 g/mol. The number of halogens is 2. The Hall–Kier alpha value is 0.392. The van der Waals surface area contributed by atoms with Gasteiger partial charge in [-0.3, -0.25) is 9.41 Å². The predicted octanol–water partition coefficient (Wildman–Crippen LogP) is 0.393. The van der Waals surface area contributed by atoms with Gasteiger partial charge in [-0.15, -0.1) is 0 Å². The average molecular weight is 102 g/mol. The second-order valence-corrected chi connectivity index (χ2v) is 0. The number of hydrogen-bond acceptors (Lipinski definition) is 0.